The lowest BCUT2D eigenvalue weighted by Crippen LogP contribution is -2.19. The topological polar surface area (TPSA) is 100 Å². The van der Waals surface area contributed by atoms with Crippen LogP contribution in [0.4, 0.5) is 0 Å². The summed E-state index contributed by atoms with van der Waals surface area (Å²) in [7, 11) is -2.24. The molecule has 2 N–H and O–H groups in total. The third-order valence-electron chi connectivity index (χ3n) is 1.89. The molecule has 0 aliphatic carbocycles. The second-order valence-corrected chi connectivity index (χ2v) is 4.39. The third kappa shape index (κ3) is 2.74. The Morgan fingerprint density at radius 3 is 2.60 bits per heavy atom. The van der Waals surface area contributed by atoms with E-state index in [0.29, 0.717) is 25.4 Å². The van der Waals surface area contributed by atoms with E-state index >= 15 is 0 Å². The van der Waals surface area contributed by atoms with Crippen LogP contribution in [0.25, 0.3) is 0 Å². The predicted molar refractivity (Wildman–Crippen MR) is 52.6 cm³/mol. The van der Waals surface area contributed by atoms with E-state index in [1.165, 1.54) is 4.57 Å². The highest BCUT2D eigenvalue weighted by atomic mass is 32.2. The number of nitrogens with zero attached hydrogens (tertiary/aromatic N) is 3. The van der Waals surface area contributed by atoms with Crippen molar-refractivity contribution in [2.45, 2.75) is 25.0 Å². The van der Waals surface area contributed by atoms with Crippen molar-refractivity contribution in [3.8, 4) is 0 Å². The number of hydrogen-bond acceptors (Lipinski definition) is 5. The SMILES string of the molecule is CCn1c(CCOC)nnc1S(N)(=O)=O. The second-order valence-electron chi connectivity index (χ2n) is 2.93. The first-order chi connectivity index (χ1) is 7.00. The zero-order valence-electron chi connectivity index (χ0n) is 8.67. The summed E-state index contributed by atoms with van der Waals surface area (Å²) in [5, 5.41) is 12.1. The summed E-state index contributed by atoms with van der Waals surface area (Å²) in [4.78, 5) is 0. The first-order valence-electron chi connectivity index (χ1n) is 4.44. The maximum Gasteiger partial charge on any atom is 0.273 e. The standard InChI is InChI=1S/C7H14N4O3S/c1-3-11-6(4-5-14-2)9-10-7(11)15(8,12)13/h3-5H2,1-2H3,(H2,8,12,13). The minimum atomic E-state index is -3.80. The number of primary sulfonamides is 1. The van der Waals surface area contributed by atoms with Crippen molar-refractivity contribution in [3.63, 3.8) is 0 Å². The van der Waals surface area contributed by atoms with Gasteiger partial charge in [-0.3, -0.25) is 0 Å². The van der Waals surface area contributed by atoms with Crippen LogP contribution in [0.15, 0.2) is 5.16 Å². The Balaban J connectivity index is 3.06. The number of nitrogens with two attached hydrogens (primary N) is 1. The Labute approximate surface area is 88.3 Å². The van der Waals surface area contributed by atoms with E-state index in [1.54, 1.807) is 14.0 Å². The number of aromatic nitrogens is 3. The average Bonchev–Trinajstić information content (AvgIpc) is 2.56. The van der Waals surface area contributed by atoms with Crippen LogP contribution in [0.3, 0.4) is 0 Å². The highest BCUT2D eigenvalue weighted by Gasteiger charge is 2.19. The van der Waals surface area contributed by atoms with Crippen molar-refractivity contribution in [1.29, 1.82) is 0 Å². The molecule has 0 fully saturated rings. The van der Waals surface area contributed by atoms with Gasteiger partial charge in [-0.1, -0.05) is 0 Å². The van der Waals surface area contributed by atoms with Crippen molar-refractivity contribution in [3.05, 3.63) is 5.82 Å². The average molecular weight is 234 g/mol. The van der Waals surface area contributed by atoms with Crippen LogP contribution in [0.5, 0.6) is 0 Å². The maximum absolute atomic E-state index is 11.1. The fourth-order valence-electron chi connectivity index (χ4n) is 1.23. The minimum Gasteiger partial charge on any atom is -0.384 e. The zero-order valence-corrected chi connectivity index (χ0v) is 9.49. The highest BCUT2D eigenvalue weighted by Crippen LogP contribution is 2.07. The van der Waals surface area contributed by atoms with Crippen LogP contribution in [-0.2, 0) is 27.7 Å². The molecular formula is C7H14N4O3S. The molecule has 1 heterocycles. The smallest absolute Gasteiger partial charge is 0.273 e. The fraction of sp³-hybridized carbons (Fsp3) is 0.714. The van der Waals surface area contributed by atoms with E-state index in [-0.39, 0.29) is 5.16 Å². The summed E-state index contributed by atoms with van der Waals surface area (Å²) in [6.07, 6.45) is 0.507. The molecule has 0 unspecified atom stereocenters. The van der Waals surface area contributed by atoms with Gasteiger partial charge in [-0.15, -0.1) is 10.2 Å². The molecule has 0 aromatic carbocycles. The van der Waals surface area contributed by atoms with Crippen molar-refractivity contribution >= 4 is 10.0 Å². The molecule has 0 amide bonds. The lowest BCUT2D eigenvalue weighted by atomic mass is 10.4. The molecule has 0 saturated heterocycles. The molecule has 0 atom stereocenters. The van der Waals surface area contributed by atoms with Gasteiger partial charge in [0.1, 0.15) is 5.82 Å². The number of rotatable bonds is 5. The van der Waals surface area contributed by atoms with Crippen LogP contribution in [0.1, 0.15) is 12.7 Å². The van der Waals surface area contributed by atoms with E-state index in [1.807, 2.05) is 0 Å². The van der Waals surface area contributed by atoms with Gasteiger partial charge in [-0.2, -0.15) is 0 Å². The lowest BCUT2D eigenvalue weighted by Gasteiger charge is -2.05. The maximum atomic E-state index is 11.1. The molecule has 1 aromatic heterocycles. The summed E-state index contributed by atoms with van der Waals surface area (Å²) in [6, 6.07) is 0. The van der Waals surface area contributed by atoms with Gasteiger partial charge in [0.2, 0.25) is 0 Å². The van der Waals surface area contributed by atoms with E-state index in [0.717, 1.165) is 0 Å². The Bertz CT molecular complexity index is 425. The molecule has 0 spiro atoms. The Hall–Kier alpha value is -0.990. The first kappa shape index (κ1) is 12.1. The van der Waals surface area contributed by atoms with E-state index in [2.05, 4.69) is 10.2 Å². The number of methoxy groups -OCH3 is 1. The molecule has 86 valence electrons. The van der Waals surface area contributed by atoms with Crippen molar-refractivity contribution in [1.82, 2.24) is 14.8 Å². The summed E-state index contributed by atoms with van der Waals surface area (Å²) in [6.45, 7) is 2.72. The molecule has 1 aromatic rings. The second kappa shape index (κ2) is 4.69. The van der Waals surface area contributed by atoms with Crippen molar-refractivity contribution in [2.24, 2.45) is 5.14 Å². The largest absolute Gasteiger partial charge is 0.384 e. The van der Waals surface area contributed by atoms with E-state index in [4.69, 9.17) is 9.88 Å². The normalized spacial score (nSPS) is 11.9. The van der Waals surface area contributed by atoms with Gasteiger partial charge in [0, 0.05) is 20.1 Å². The minimum absolute atomic E-state index is 0.198. The van der Waals surface area contributed by atoms with Crippen molar-refractivity contribution in [2.75, 3.05) is 13.7 Å². The van der Waals surface area contributed by atoms with Crippen LogP contribution in [-0.4, -0.2) is 36.9 Å². The van der Waals surface area contributed by atoms with Gasteiger partial charge in [0.05, 0.1) is 6.61 Å². The molecule has 7 nitrogen and oxygen atoms in total. The Morgan fingerprint density at radius 2 is 2.13 bits per heavy atom. The van der Waals surface area contributed by atoms with E-state index in [9.17, 15) is 8.42 Å². The molecule has 1 rings (SSSR count). The summed E-state index contributed by atoms with van der Waals surface area (Å²) in [5.74, 6) is 0.559. The summed E-state index contributed by atoms with van der Waals surface area (Å²) in [5.41, 5.74) is 0. The number of ether oxygens (including phenoxy) is 1. The summed E-state index contributed by atoms with van der Waals surface area (Å²) >= 11 is 0. The van der Waals surface area contributed by atoms with Crippen LogP contribution in [0, 0.1) is 0 Å². The molecule has 0 aliphatic rings. The van der Waals surface area contributed by atoms with Gasteiger partial charge in [-0.05, 0) is 6.92 Å². The van der Waals surface area contributed by atoms with Crippen LogP contribution >= 0.6 is 0 Å². The number of sulfonamides is 1. The summed E-state index contributed by atoms with van der Waals surface area (Å²) < 4.78 is 28.6. The molecular weight excluding hydrogens is 220 g/mol. The monoisotopic (exact) mass is 234 g/mol. The van der Waals surface area contributed by atoms with Gasteiger partial charge in [0.25, 0.3) is 15.2 Å². The quantitative estimate of drug-likeness (QED) is 0.714. The first-order valence-corrected chi connectivity index (χ1v) is 5.99. The van der Waals surface area contributed by atoms with Gasteiger partial charge in [-0.25, -0.2) is 13.6 Å². The lowest BCUT2D eigenvalue weighted by molar-refractivity contribution is 0.199. The fourth-order valence-corrected chi connectivity index (χ4v) is 1.92. The number of hydrogen-bond donors (Lipinski definition) is 1. The highest BCUT2D eigenvalue weighted by molar-refractivity contribution is 7.89. The van der Waals surface area contributed by atoms with Gasteiger partial charge >= 0.3 is 0 Å². The van der Waals surface area contributed by atoms with E-state index < -0.39 is 10.0 Å². The molecule has 0 aliphatic heterocycles. The van der Waals surface area contributed by atoms with Crippen LogP contribution < -0.4 is 5.14 Å². The Kier molecular flexibility index (Phi) is 3.77. The van der Waals surface area contributed by atoms with Gasteiger partial charge < -0.3 is 9.30 Å². The molecule has 0 bridgehead atoms. The van der Waals surface area contributed by atoms with Crippen LogP contribution in [0.2, 0.25) is 0 Å². The van der Waals surface area contributed by atoms with Crippen molar-refractivity contribution < 1.29 is 13.2 Å². The predicted octanol–water partition coefficient (Wildman–Crippen LogP) is -0.866. The van der Waals surface area contributed by atoms with Gasteiger partial charge in [0.15, 0.2) is 0 Å². The molecule has 15 heavy (non-hydrogen) atoms. The molecule has 8 heteroatoms. The zero-order chi connectivity index (χ0) is 11.5. The third-order valence-corrected chi connectivity index (χ3v) is 2.70. The Morgan fingerprint density at radius 1 is 1.47 bits per heavy atom. The molecule has 0 saturated carbocycles. The molecule has 0 radical (unpaired) electrons.